The highest BCUT2D eigenvalue weighted by Gasteiger charge is 2.22. The zero-order valence-corrected chi connectivity index (χ0v) is 13.8. The van der Waals surface area contributed by atoms with Crippen molar-refractivity contribution < 1.29 is 4.74 Å². The van der Waals surface area contributed by atoms with Crippen LogP contribution in [0.4, 0.5) is 0 Å². The maximum absolute atomic E-state index is 12.0. The van der Waals surface area contributed by atoms with Crippen molar-refractivity contribution in [1.82, 2.24) is 14.9 Å². The molecule has 0 saturated heterocycles. The molecule has 0 spiro atoms. The van der Waals surface area contributed by atoms with Gasteiger partial charge < -0.3 is 14.6 Å². The van der Waals surface area contributed by atoms with Gasteiger partial charge in [0.25, 0.3) is 5.56 Å². The van der Waals surface area contributed by atoms with Crippen molar-refractivity contribution in [2.75, 3.05) is 26.2 Å². The standard InChI is InChI=1S/C19H23N3O2/c23-19-16-5-8-22(9-6-17(16)20-13-21-19)12-14-7-10-24-18-4-2-1-3-15(18)11-14/h1-4,13-14H,5-12H2,(H,20,21,23)/t14-/m0/s1. The van der Waals surface area contributed by atoms with Crippen molar-refractivity contribution in [3.8, 4) is 5.75 Å². The normalized spacial score (nSPS) is 21.1. The molecule has 0 unspecified atom stereocenters. The van der Waals surface area contributed by atoms with Crippen LogP contribution in [0.5, 0.6) is 5.75 Å². The highest BCUT2D eigenvalue weighted by molar-refractivity contribution is 5.34. The third-order valence-corrected chi connectivity index (χ3v) is 5.16. The zero-order chi connectivity index (χ0) is 16.4. The Hall–Kier alpha value is -2.14. The monoisotopic (exact) mass is 325 g/mol. The number of ether oxygens (including phenoxy) is 1. The smallest absolute Gasteiger partial charge is 0.254 e. The maximum atomic E-state index is 12.0. The zero-order valence-electron chi connectivity index (χ0n) is 13.8. The van der Waals surface area contributed by atoms with Gasteiger partial charge in [-0.05, 0) is 36.8 Å². The van der Waals surface area contributed by atoms with E-state index in [2.05, 4.69) is 33.1 Å². The Bertz CT molecular complexity index is 771. The largest absolute Gasteiger partial charge is 0.493 e. The van der Waals surface area contributed by atoms with Crippen LogP contribution in [-0.2, 0) is 19.3 Å². The quantitative estimate of drug-likeness (QED) is 0.915. The molecule has 0 fully saturated rings. The Morgan fingerprint density at radius 2 is 2.12 bits per heavy atom. The fourth-order valence-electron chi connectivity index (χ4n) is 3.85. The first-order chi connectivity index (χ1) is 11.8. The van der Waals surface area contributed by atoms with Crippen LogP contribution in [0.25, 0.3) is 0 Å². The van der Waals surface area contributed by atoms with Crippen LogP contribution in [0.1, 0.15) is 23.2 Å². The summed E-state index contributed by atoms with van der Waals surface area (Å²) in [5.74, 6) is 1.64. The van der Waals surface area contributed by atoms with E-state index in [1.165, 1.54) is 11.9 Å². The number of aromatic amines is 1. The molecule has 0 saturated carbocycles. The number of rotatable bonds is 2. The van der Waals surface area contributed by atoms with Crippen LogP contribution in [-0.4, -0.2) is 41.1 Å². The lowest BCUT2D eigenvalue weighted by Gasteiger charge is -2.25. The van der Waals surface area contributed by atoms with E-state index in [1.54, 1.807) is 0 Å². The highest BCUT2D eigenvalue weighted by atomic mass is 16.5. The predicted molar refractivity (Wildman–Crippen MR) is 92.5 cm³/mol. The van der Waals surface area contributed by atoms with E-state index in [4.69, 9.17) is 4.74 Å². The summed E-state index contributed by atoms with van der Waals surface area (Å²) in [6.07, 6.45) is 5.32. The Labute approximate surface area is 141 Å². The second-order valence-corrected chi connectivity index (χ2v) is 6.77. The van der Waals surface area contributed by atoms with Gasteiger partial charge in [-0.25, -0.2) is 4.98 Å². The molecule has 24 heavy (non-hydrogen) atoms. The maximum Gasteiger partial charge on any atom is 0.254 e. The summed E-state index contributed by atoms with van der Waals surface area (Å²) in [5.41, 5.74) is 3.18. The van der Waals surface area contributed by atoms with Gasteiger partial charge in [0.1, 0.15) is 5.75 Å². The summed E-state index contributed by atoms with van der Waals surface area (Å²) in [4.78, 5) is 21.5. The molecule has 0 amide bonds. The summed E-state index contributed by atoms with van der Waals surface area (Å²) in [7, 11) is 0. The van der Waals surface area contributed by atoms with E-state index < -0.39 is 0 Å². The number of benzene rings is 1. The second-order valence-electron chi connectivity index (χ2n) is 6.77. The molecule has 1 atom stereocenters. The lowest BCUT2D eigenvalue weighted by Crippen LogP contribution is -2.33. The first-order valence-electron chi connectivity index (χ1n) is 8.78. The van der Waals surface area contributed by atoms with E-state index in [0.717, 1.165) is 68.9 Å². The Morgan fingerprint density at radius 1 is 1.25 bits per heavy atom. The average molecular weight is 325 g/mol. The van der Waals surface area contributed by atoms with Crippen molar-refractivity contribution >= 4 is 0 Å². The fourth-order valence-corrected chi connectivity index (χ4v) is 3.85. The number of nitrogens with zero attached hydrogens (tertiary/aromatic N) is 2. The minimum Gasteiger partial charge on any atom is -0.493 e. The van der Waals surface area contributed by atoms with Gasteiger partial charge in [0.2, 0.25) is 0 Å². The first-order valence-corrected chi connectivity index (χ1v) is 8.78. The number of hydrogen-bond acceptors (Lipinski definition) is 4. The SMILES string of the molecule is O=c1[nH]cnc2c1CCN(C[C@H]1CCOc3ccccc3C1)CC2. The van der Waals surface area contributed by atoms with E-state index >= 15 is 0 Å². The Kier molecular flexibility index (Phi) is 4.34. The van der Waals surface area contributed by atoms with Gasteiger partial charge in [0.05, 0.1) is 18.6 Å². The summed E-state index contributed by atoms with van der Waals surface area (Å²) in [6.45, 7) is 3.75. The van der Waals surface area contributed by atoms with Crippen LogP contribution >= 0.6 is 0 Å². The molecule has 2 aliphatic heterocycles. The molecule has 5 heteroatoms. The van der Waals surface area contributed by atoms with Gasteiger partial charge in [-0.3, -0.25) is 4.79 Å². The molecule has 1 aromatic heterocycles. The molecular weight excluding hydrogens is 302 g/mol. The van der Waals surface area contributed by atoms with Crippen LogP contribution in [0.15, 0.2) is 35.4 Å². The minimum atomic E-state index is 0.0265. The van der Waals surface area contributed by atoms with Crippen LogP contribution in [0.3, 0.4) is 0 Å². The van der Waals surface area contributed by atoms with E-state index in [0.29, 0.717) is 5.92 Å². The van der Waals surface area contributed by atoms with Gasteiger partial charge >= 0.3 is 0 Å². The summed E-state index contributed by atoms with van der Waals surface area (Å²) in [6, 6.07) is 8.37. The van der Waals surface area contributed by atoms with Gasteiger partial charge in [0, 0.05) is 31.6 Å². The molecule has 3 heterocycles. The molecule has 126 valence electrons. The Morgan fingerprint density at radius 3 is 3.08 bits per heavy atom. The third kappa shape index (κ3) is 3.22. The average Bonchev–Trinajstić information content (AvgIpc) is 2.92. The summed E-state index contributed by atoms with van der Waals surface area (Å²) < 4.78 is 5.88. The summed E-state index contributed by atoms with van der Waals surface area (Å²) in [5, 5.41) is 0. The summed E-state index contributed by atoms with van der Waals surface area (Å²) >= 11 is 0. The number of nitrogens with one attached hydrogen (secondary N) is 1. The van der Waals surface area contributed by atoms with Crippen molar-refractivity contribution in [2.24, 2.45) is 5.92 Å². The molecular formula is C19H23N3O2. The number of H-pyrrole nitrogens is 1. The molecule has 2 aliphatic rings. The van der Waals surface area contributed by atoms with Crippen molar-refractivity contribution in [3.05, 3.63) is 57.8 Å². The molecule has 4 rings (SSSR count). The first kappa shape index (κ1) is 15.4. The lowest BCUT2D eigenvalue weighted by atomic mass is 9.96. The number of para-hydroxylation sites is 1. The van der Waals surface area contributed by atoms with Crippen molar-refractivity contribution in [3.63, 3.8) is 0 Å². The third-order valence-electron chi connectivity index (χ3n) is 5.16. The van der Waals surface area contributed by atoms with Crippen molar-refractivity contribution in [1.29, 1.82) is 0 Å². The lowest BCUT2D eigenvalue weighted by molar-refractivity contribution is 0.216. The molecule has 2 aromatic rings. The van der Waals surface area contributed by atoms with Crippen LogP contribution in [0, 0.1) is 5.92 Å². The second kappa shape index (κ2) is 6.77. The van der Waals surface area contributed by atoms with Gasteiger partial charge in [-0.15, -0.1) is 0 Å². The topological polar surface area (TPSA) is 58.2 Å². The highest BCUT2D eigenvalue weighted by Crippen LogP contribution is 2.27. The van der Waals surface area contributed by atoms with E-state index in [9.17, 15) is 4.79 Å². The number of fused-ring (bicyclic) bond motifs is 2. The van der Waals surface area contributed by atoms with Crippen LogP contribution < -0.4 is 10.3 Å². The minimum absolute atomic E-state index is 0.0265. The molecule has 1 N–H and O–H groups in total. The molecule has 0 radical (unpaired) electrons. The Balaban J connectivity index is 1.43. The van der Waals surface area contributed by atoms with Gasteiger partial charge in [-0.2, -0.15) is 0 Å². The van der Waals surface area contributed by atoms with Crippen molar-refractivity contribution in [2.45, 2.75) is 25.7 Å². The van der Waals surface area contributed by atoms with Gasteiger partial charge in [0.15, 0.2) is 0 Å². The molecule has 5 nitrogen and oxygen atoms in total. The van der Waals surface area contributed by atoms with E-state index in [1.807, 2.05) is 6.07 Å². The number of aromatic nitrogens is 2. The van der Waals surface area contributed by atoms with Crippen LogP contribution in [0.2, 0.25) is 0 Å². The molecule has 0 bridgehead atoms. The number of hydrogen-bond donors (Lipinski definition) is 1. The fraction of sp³-hybridized carbons (Fsp3) is 0.474. The molecule has 0 aliphatic carbocycles. The van der Waals surface area contributed by atoms with Gasteiger partial charge in [-0.1, -0.05) is 18.2 Å². The predicted octanol–water partition coefficient (Wildman–Crippen LogP) is 1.81. The molecule has 1 aromatic carbocycles. The van der Waals surface area contributed by atoms with E-state index in [-0.39, 0.29) is 5.56 Å².